The first kappa shape index (κ1) is 20.4. The Morgan fingerprint density at radius 3 is 2.38 bits per heavy atom. The highest BCUT2D eigenvalue weighted by molar-refractivity contribution is 5.95. The van der Waals surface area contributed by atoms with Gasteiger partial charge >= 0.3 is 0 Å². The van der Waals surface area contributed by atoms with Crippen molar-refractivity contribution in [2.75, 3.05) is 26.3 Å². The number of likely N-dealkylation sites (tertiary alicyclic amines) is 1. The van der Waals surface area contributed by atoms with Crippen molar-refractivity contribution in [2.45, 2.75) is 18.2 Å². The second-order valence-corrected chi connectivity index (χ2v) is 8.04. The first-order valence-corrected chi connectivity index (χ1v) is 10.6. The first-order chi connectivity index (χ1) is 15.7. The van der Waals surface area contributed by atoms with Crippen molar-refractivity contribution in [1.29, 1.82) is 0 Å². The summed E-state index contributed by atoms with van der Waals surface area (Å²) in [7, 11) is 0. The topological polar surface area (TPSA) is 96.6 Å². The molecule has 2 saturated heterocycles. The average Bonchev–Trinajstić information content (AvgIpc) is 3.48. The van der Waals surface area contributed by atoms with Crippen LogP contribution in [0.15, 0.2) is 67.1 Å². The summed E-state index contributed by atoms with van der Waals surface area (Å²) >= 11 is 0. The van der Waals surface area contributed by atoms with Gasteiger partial charge < -0.3 is 24.7 Å². The highest BCUT2D eigenvalue weighted by Crippen LogP contribution is 2.24. The van der Waals surface area contributed by atoms with Crippen molar-refractivity contribution in [1.82, 2.24) is 20.2 Å². The Hall–Kier alpha value is -3.49. The molecule has 164 valence electrons. The van der Waals surface area contributed by atoms with E-state index in [2.05, 4.69) is 15.3 Å². The quantitative estimate of drug-likeness (QED) is 0.658. The minimum atomic E-state index is -0.261. The molecule has 0 bridgehead atoms. The predicted octanol–water partition coefficient (Wildman–Crippen LogP) is 2.12. The van der Waals surface area contributed by atoms with Crippen molar-refractivity contribution in [3.05, 3.63) is 78.4 Å². The van der Waals surface area contributed by atoms with Gasteiger partial charge in [-0.05, 0) is 23.3 Å². The van der Waals surface area contributed by atoms with Crippen LogP contribution in [0.2, 0.25) is 0 Å². The van der Waals surface area contributed by atoms with Crippen LogP contribution < -0.4 is 5.32 Å². The van der Waals surface area contributed by atoms with E-state index >= 15 is 0 Å². The van der Waals surface area contributed by atoms with Gasteiger partial charge in [0.25, 0.3) is 11.8 Å². The number of aromatic amines is 1. The zero-order valence-electron chi connectivity index (χ0n) is 17.4. The summed E-state index contributed by atoms with van der Waals surface area (Å²) in [5.74, 6) is -0.283. The molecule has 2 fully saturated rings. The number of hydrogen-bond acceptors (Lipinski definition) is 5. The Labute approximate surface area is 185 Å². The predicted molar refractivity (Wildman–Crippen MR) is 117 cm³/mol. The van der Waals surface area contributed by atoms with Gasteiger partial charge in [0.1, 0.15) is 17.9 Å². The number of amides is 2. The molecule has 1 aromatic heterocycles. The van der Waals surface area contributed by atoms with Gasteiger partial charge in [-0.25, -0.2) is 4.98 Å². The summed E-state index contributed by atoms with van der Waals surface area (Å²) < 4.78 is 12.0. The monoisotopic (exact) mass is 432 g/mol. The molecule has 2 aliphatic rings. The number of nitrogens with zero attached hydrogens (tertiary/aromatic N) is 2. The maximum atomic E-state index is 13.1. The Morgan fingerprint density at radius 2 is 1.69 bits per heavy atom. The zero-order chi connectivity index (χ0) is 21.9. The van der Waals surface area contributed by atoms with Gasteiger partial charge in [0.2, 0.25) is 0 Å². The molecule has 3 heterocycles. The van der Waals surface area contributed by atoms with E-state index in [0.29, 0.717) is 37.6 Å². The maximum Gasteiger partial charge on any atom is 0.269 e. The number of hydrogen-bond donors (Lipinski definition) is 2. The molecule has 3 aromatic rings. The number of rotatable bonds is 4. The van der Waals surface area contributed by atoms with Gasteiger partial charge in [-0.3, -0.25) is 9.59 Å². The van der Waals surface area contributed by atoms with Gasteiger partial charge in [-0.15, -0.1) is 0 Å². The second kappa shape index (κ2) is 8.94. The van der Waals surface area contributed by atoms with Crippen molar-refractivity contribution < 1.29 is 19.1 Å². The summed E-state index contributed by atoms with van der Waals surface area (Å²) in [5.41, 5.74) is 3.12. The molecular weight excluding hydrogens is 408 g/mol. The Balaban J connectivity index is 1.20. The molecule has 0 saturated carbocycles. The van der Waals surface area contributed by atoms with E-state index in [1.54, 1.807) is 4.90 Å². The van der Waals surface area contributed by atoms with E-state index in [1.165, 1.54) is 12.5 Å². The van der Waals surface area contributed by atoms with Gasteiger partial charge in [-0.2, -0.15) is 0 Å². The van der Waals surface area contributed by atoms with E-state index < -0.39 is 0 Å². The van der Waals surface area contributed by atoms with Crippen LogP contribution >= 0.6 is 0 Å². The second-order valence-electron chi connectivity index (χ2n) is 8.04. The van der Waals surface area contributed by atoms with Crippen LogP contribution in [0.5, 0.6) is 0 Å². The van der Waals surface area contributed by atoms with Gasteiger partial charge in [0.15, 0.2) is 0 Å². The van der Waals surface area contributed by atoms with E-state index in [9.17, 15) is 9.59 Å². The van der Waals surface area contributed by atoms with Gasteiger partial charge in [0, 0.05) is 18.7 Å². The van der Waals surface area contributed by atoms with Crippen molar-refractivity contribution in [3.63, 3.8) is 0 Å². The molecule has 5 rings (SSSR count). The van der Waals surface area contributed by atoms with Crippen LogP contribution in [0.25, 0.3) is 11.1 Å². The van der Waals surface area contributed by atoms with E-state index in [1.807, 2.05) is 54.6 Å². The normalized spacial score (nSPS) is 21.1. The molecule has 2 amide bonds. The molecule has 2 atom stereocenters. The van der Waals surface area contributed by atoms with Crippen LogP contribution in [-0.2, 0) is 9.47 Å². The maximum absolute atomic E-state index is 13.1. The van der Waals surface area contributed by atoms with Crippen LogP contribution in [0.1, 0.15) is 20.8 Å². The van der Waals surface area contributed by atoms with E-state index in [0.717, 1.165) is 11.1 Å². The van der Waals surface area contributed by atoms with Crippen LogP contribution in [0, 0.1) is 0 Å². The number of carbonyl (C=O) groups excluding carboxylic acids is 2. The van der Waals surface area contributed by atoms with Crippen LogP contribution in [0.4, 0.5) is 0 Å². The number of H-pyrrole nitrogens is 1. The Bertz CT molecular complexity index is 1070. The van der Waals surface area contributed by atoms with Gasteiger partial charge in [0.05, 0.1) is 31.8 Å². The number of fused-ring (bicyclic) bond motifs is 1. The molecule has 2 aromatic carbocycles. The fourth-order valence-electron chi connectivity index (χ4n) is 4.13. The number of aromatic nitrogens is 2. The zero-order valence-corrected chi connectivity index (χ0v) is 17.4. The largest absolute Gasteiger partial charge is 0.371 e. The molecule has 0 spiro atoms. The molecule has 8 nitrogen and oxygen atoms in total. The first-order valence-electron chi connectivity index (χ1n) is 10.6. The third-order valence-electron chi connectivity index (χ3n) is 5.82. The van der Waals surface area contributed by atoms with Crippen molar-refractivity contribution in [3.8, 4) is 11.1 Å². The molecular formula is C24H24N4O4. The number of nitrogens with one attached hydrogen (secondary N) is 2. The van der Waals surface area contributed by atoms with E-state index in [-0.39, 0.29) is 30.1 Å². The Kier molecular flexibility index (Phi) is 5.70. The van der Waals surface area contributed by atoms with Crippen LogP contribution in [-0.4, -0.2) is 71.2 Å². The van der Waals surface area contributed by atoms with Crippen molar-refractivity contribution in [2.24, 2.45) is 0 Å². The molecule has 0 unspecified atom stereocenters. The molecule has 0 radical (unpaired) electrons. The summed E-state index contributed by atoms with van der Waals surface area (Å²) in [6, 6.07) is 17.4. The smallest absolute Gasteiger partial charge is 0.269 e. The number of ether oxygens (including phenoxy) is 2. The minimum absolute atomic E-state index is 0.0350. The fourth-order valence-corrected chi connectivity index (χ4v) is 4.13. The third-order valence-corrected chi connectivity index (χ3v) is 5.82. The highest BCUT2D eigenvalue weighted by Gasteiger charge is 2.39. The minimum Gasteiger partial charge on any atom is -0.371 e. The lowest BCUT2D eigenvalue weighted by Gasteiger charge is -2.19. The number of carbonyl (C=O) groups is 2. The molecule has 2 aliphatic heterocycles. The average molecular weight is 432 g/mol. The molecule has 2 N–H and O–H groups in total. The fraction of sp³-hybridized carbons (Fsp3) is 0.292. The lowest BCUT2D eigenvalue weighted by atomic mass is 10.0. The van der Waals surface area contributed by atoms with Gasteiger partial charge in [-0.1, -0.05) is 42.5 Å². The number of benzene rings is 2. The van der Waals surface area contributed by atoms with Crippen molar-refractivity contribution >= 4 is 11.8 Å². The highest BCUT2D eigenvalue weighted by atomic mass is 16.6. The summed E-state index contributed by atoms with van der Waals surface area (Å²) in [5, 5.41) is 2.89. The van der Waals surface area contributed by atoms with E-state index in [4.69, 9.17) is 9.47 Å². The van der Waals surface area contributed by atoms with Crippen LogP contribution in [0.3, 0.4) is 0 Å². The lowest BCUT2D eigenvalue weighted by Crippen LogP contribution is -2.41. The SMILES string of the molecule is O=C(NC1CO[C@H]2CN(C(=O)c3cccc(-c4ccccc4)c3)C[C@@H]2OC1)c1cnc[nH]1. The lowest BCUT2D eigenvalue weighted by molar-refractivity contribution is -0.00461. The summed E-state index contributed by atoms with van der Waals surface area (Å²) in [6.07, 6.45) is 2.50. The molecule has 32 heavy (non-hydrogen) atoms. The summed E-state index contributed by atoms with van der Waals surface area (Å²) in [6.45, 7) is 1.57. The molecule has 0 aliphatic carbocycles. The summed E-state index contributed by atoms with van der Waals surface area (Å²) in [4.78, 5) is 33.8. The number of imidazole rings is 1. The Morgan fingerprint density at radius 1 is 0.969 bits per heavy atom. The third kappa shape index (κ3) is 4.28. The standard InChI is InChI=1S/C24H24N4O4/c29-23(20-10-25-15-26-20)27-19-13-31-21-11-28(12-22(21)32-14-19)24(30)18-8-4-7-17(9-18)16-5-2-1-3-6-16/h1-10,15,19,21-22H,11-14H2,(H,25,26)(H,27,29)/t21-,22-/m0/s1. The molecule has 8 heteroatoms.